The van der Waals surface area contributed by atoms with Crippen molar-refractivity contribution in [3.8, 4) is 0 Å². The van der Waals surface area contributed by atoms with Crippen LogP contribution in [0.2, 0.25) is 0 Å². The summed E-state index contributed by atoms with van der Waals surface area (Å²) < 4.78 is 0. The number of hydrogen-bond donors (Lipinski definition) is 2. The third-order valence-electron chi connectivity index (χ3n) is 3.01. The number of hydrogen-bond acceptors (Lipinski definition) is 3. The lowest BCUT2D eigenvalue weighted by Gasteiger charge is -2.23. The number of rotatable bonds is 7. The molecule has 0 radical (unpaired) electrons. The number of aliphatic carboxylic acids is 1. The van der Waals surface area contributed by atoms with Crippen molar-refractivity contribution in [3.63, 3.8) is 0 Å². The van der Waals surface area contributed by atoms with Gasteiger partial charge in [-0.2, -0.15) is 11.8 Å². The van der Waals surface area contributed by atoms with Crippen LogP contribution in [-0.4, -0.2) is 34.7 Å². The summed E-state index contributed by atoms with van der Waals surface area (Å²) in [5.41, 5.74) is 0. The van der Waals surface area contributed by atoms with Gasteiger partial charge in [-0.05, 0) is 25.0 Å². The van der Waals surface area contributed by atoms with E-state index in [0.717, 1.165) is 25.8 Å². The molecular formula is C12H23NO2S. The van der Waals surface area contributed by atoms with Crippen LogP contribution in [0.15, 0.2) is 0 Å². The molecule has 0 aromatic carbocycles. The van der Waals surface area contributed by atoms with Crippen LogP contribution in [0, 0.1) is 0 Å². The average Bonchev–Trinajstić information content (AvgIpc) is 2.30. The van der Waals surface area contributed by atoms with Gasteiger partial charge in [0.1, 0.15) is 6.04 Å². The van der Waals surface area contributed by atoms with E-state index in [1.54, 1.807) is 0 Å². The molecular weight excluding hydrogens is 222 g/mol. The van der Waals surface area contributed by atoms with Crippen LogP contribution in [-0.2, 0) is 4.79 Å². The van der Waals surface area contributed by atoms with Crippen LogP contribution in [0.5, 0.6) is 0 Å². The summed E-state index contributed by atoms with van der Waals surface area (Å²) in [6, 6.07) is -0.345. The number of thioether (sulfide) groups is 1. The van der Waals surface area contributed by atoms with Gasteiger partial charge in [0.2, 0.25) is 0 Å². The summed E-state index contributed by atoms with van der Waals surface area (Å²) in [4.78, 5) is 11.0. The van der Waals surface area contributed by atoms with Crippen molar-refractivity contribution in [1.29, 1.82) is 0 Å². The number of nitrogens with one attached hydrogen (secondary N) is 1. The summed E-state index contributed by atoms with van der Waals surface area (Å²) in [5, 5.41) is 12.9. The van der Waals surface area contributed by atoms with Crippen molar-refractivity contribution < 1.29 is 9.90 Å². The SMILES string of the molecule is CCCCC(NCC1CCCCS1)C(=O)O. The lowest BCUT2D eigenvalue weighted by atomic mass is 10.1. The highest BCUT2D eigenvalue weighted by Crippen LogP contribution is 2.24. The van der Waals surface area contributed by atoms with Crippen molar-refractivity contribution in [2.24, 2.45) is 0 Å². The molecule has 2 N–H and O–H groups in total. The summed E-state index contributed by atoms with van der Waals surface area (Å²) in [7, 11) is 0. The van der Waals surface area contributed by atoms with E-state index in [1.165, 1.54) is 25.0 Å². The monoisotopic (exact) mass is 245 g/mol. The van der Waals surface area contributed by atoms with E-state index in [9.17, 15) is 4.79 Å². The molecule has 0 amide bonds. The average molecular weight is 245 g/mol. The van der Waals surface area contributed by atoms with Gasteiger partial charge in [0.25, 0.3) is 0 Å². The van der Waals surface area contributed by atoms with E-state index in [2.05, 4.69) is 12.2 Å². The van der Waals surface area contributed by atoms with Crippen LogP contribution in [0.3, 0.4) is 0 Å². The Morgan fingerprint density at radius 3 is 2.94 bits per heavy atom. The van der Waals surface area contributed by atoms with E-state index >= 15 is 0 Å². The van der Waals surface area contributed by atoms with E-state index in [0.29, 0.717) is 5.25 Å². The van der Waals surface area contributed by atoms with Gasteiger partial charge in [0, 0.05) is 11.8 Å². The van der Waals surface area contributed by atoms with Gasteiger partial charge >= 0.3 is 5.97 Å². The molecule has 1 aliphatic rings. The normalized spacial score (nSPS) is 22.9. The molecule has 0 aliphatic carbocycles. The largest absolute Gasteiger partial charge is 0.480 e. The Morgan fingerprint density at radius 1 is 1.56 bits per heavy atom. The summed E-state index contributed by atoms with van der Waals surface area (Å²) in [5.74, 6) is 0.535. The van der Waals surface area contributed by atoms with Crippen LogP contribution in [0.25, 0.3) is 0 Å². The molecule has 0 bridgehead atoms. The molecule has 1 heterocycles. The Morgan fingerprint density at radius 2 is 2.38 bits per heavy atom. The molecule has 94 valence electrons. The van der Waals surface area contributed by atoms with Gasteiger partial charge in [-0.25, -0.2) is 0 Å². The topological polar surface area (TPSA) is 49.3 Å². The minimum atomic E-state index is -0.700. The Bertz CT molecular complexity index is 205. The first-order valence-electron chi connectivity index (χ1n) is 6.31. The fourth-order valence-corrected chi connectivity index (χ4v) is 3.21. The summed E-state index contributed by atoms with van der Waals surface area (Å²) in [6.45, 7) is 2.95. The van der Waals surface area contributed by atoms with Crippen molar-refractivity contribution in [2.45, 2.75) is 56.7 Å². The maximum absolute atomic E-state index is 11.0. The number of carbonyl (C=O) groups is 1. The predicted molar refractivity (Wildman–Crippen MR) is 69.0 cm³/mol. The molecule has 3 nitrogen and oxygen atoms in total. The molecule has 2 unspecified atom stereocenters. The van der Waals surface area contributed by atoms with Gasteiger partial charge in [0.15, 0.2) is 0 Å². The van der Waals surface area contributed by atoms with E-state index < -0.39 is 5.97 Å². The first kappa shape index (κ1) is 13.8. The quantitative estimate of drug-likeness (QED) is 0.723. The van der Waals surface area contributed by atoms with Gasteiger partial charge < -0.3 is 10.4 Å². The fourth-order valence-electron chi connectivity index (χ4n) is 1.96. The van der Waals surface area contributed by atoms with Crippen molar-refractivity contribution in [1.82, 2.24) is 5.32 Å². The van der Waals surface area contributed by atoms with E-state index in [-0.39, 0.29) is 6.04 Å². The minimum absolute atomic E-state index is 0.345. The highest BCUT2D eigenvalue weighted by Gasteiger charge is 2.19. The van der Waals surface area contributed by atoms with E-state index in [1.807, 2.05) is 11.8 Å². The van der Waals surface area contributed by atoms with Gasteiger partial charge in [-0.3, -0.25) is 4.79 Å². The second-order valence-corrected chi connectivity index (χ2v) is 5.84. The van der Waals surface area contributed by atoms with Crippen LogP contribution < -0.4 is 5.32 Å². The smallest absolute Gasteiger partial charge is 0.320 e. The summed E-state index contributed by atoms with van der Waals surface area (Å²) in [6.07, 6.45) is 6.65. The second-order valence-electron chi connectivity index (χ2n) is 4.43. The highest BCUT2D eigenvalue weighted by atomic mass is 32.2. The molecule has 16 heavy (non-hydrogen) atoms. The maximum atomic E-state index is 11.0. The fraction of sp³-hybridized carbons (Fsp3) is 0.917. The van der Waals surface area contributed by atoms with Gasteiger partial charge in [-0.15, -0.1) is 0 Å². The second kappa shape index (κ2) is 7.96. The van der Waals surface area contributed by atoms with Gasteiger partial charge in [-0.1, -0.05) is 26.2 Å². The zero-order valence-electron chi connectivity index (χ0n) is 10.1. The van der Waals surface area contributed by atoms with Crippen molar-refractivity contribution >= 4 is 17.7 Å². The van der Waals surface area contributed by atoms with Crippen molar-refractivity contribution in [2.75, 3.05) is 12.3 Å². The van der Waals surface area contributed by atoms with Crippen molar-refractivity contribution in [3.05, 3.63) is 0 Å². The molecule has 0 saturated carbocycles. The number of unbranched alkanes of at least 4 members (excludes halogenated alkanes) is 1. The first-order chi connectivity index (χ1) is 7.74. The maximum Gasteiger partial charge on any atom is 0.320 e. The molecule has 0 spiro atoms. The Kier molecular flexibility index (Phi) is 6.88. The third kappa shape index (κ3) is 5.21. The molecule has 1 aliphatic heterocycles. The molecule has 0 aromatic rings. The van der Waals surface area contributed by atoms with Crippen LogP contribution in [0.4, 0.5) is 0 Å². The standard InChI is InChI=1S/C12H23NO2S/c1-2-3-7-11(12(14)15)13-9-10-6-4-5-8-16-10/h10-11,13H,2-9H2,1H3,(H,14,15). The van der Waals surface area contributed by atoms with Crippen LogP contribution in [0.1, 0.15) is 45.4 Å². The molecule has 1 saturated heterocycles. The number of carboxylic acids is 1. The Balaban J connectivity index is 2.22. The van der Waals surface area contributed by atoms with E-state index in [4.69, 9.17) is 5.11 Å². The zero-order valence-corrected chi connectivity index (χ0v) is 10.9. The Hall–Kier alpha value is -0.220. The Labute approximate surface area is 102 Å². The minimum Gasteiger partial charge on any atom is -0.480 e. The first-order valence-corrected chi connectivity index (χ1v) is 7.36. The molecule has 2 atom stereocenters. The van der Waals surface area contributed by atoms with Gasteiger partial charge in [0.05, 0.1) is 0 Å². The third-order valence-corrected chi connectivity index (χ3v) is 4.41. The molecule has 1 fully saturated rings. The molecule has 1 rings (SSSR count). The molecule has 0 aromatic heterocycles. The lowest BCUT2D eigenvalue weighted by Crippen LogP contribution is -2.40. The number of carboxylic acid groups (broad SMARTS) is 1. The zero-order chi connectivity index (χ0) is 11.8. The predicted octanol–water partition coefficient (Wildman–Crippen LogP) is 2.51. The summed E-state index contributed by atoms with van der Waals surface area (Å²) >= 11 is 1.99. The molecule has 4 heteroatoms. The highest BCUT2D eigenvalue weighted by molar-refractivity contribution is 7.99. The lowest BCUT2D eigenvalue weighted by molar-refractivity contribution is -0.139. The van der Waals surface area contributed by atoms with Crippen LogP contribution >= 0.6 is 11.8 Å².